The zero-order valence-corrected chi connectivity index (χ0v) is 27.7. The van der Waals surface area contributed by atoms with E-state index in [0.717, 1.165) is 0 Å². The molecule has 1 atom stereocenters. The maximum Gasteiger partial charge on any atom is 0.101 e. The third-order valence-electron chi connectivity index (χ3n) is 9.09. The Labute approximate surface area is 248 Å². The minimum Gasteiger partial charge on any atom is -0.356 e. The fourth-order valence-corrected chi connectivity index (χ4v) is 6.42. The van der Waals surface area contributed by atoms with E-state index in [1.54, 1.807) is 0 Å². The van der Waals surface area contributed by atoms with Gasteiger partial charge in [-0.25, -0.2) is 0 Å². The molecule has 0 amide bonds. The summed E-state index contributed by atoms with van der Waals surface area (Å²) in [6.07, 6.45) is 45.7. The van der Waals surface area contributed by atoms with Crippen LogP contribution >= 0.6 is 0 Å². The second kappa shape index (κ2) is 27.5. The average molecular weight is 547 g/mol. The standard InChI is InChI=1S/C37H74N2/c1-5-7-9-11-13-15-17-18-19-20-21-22-23-25-27-29-31-33-38-34-35-39(36(3)4)37(38)32-30-28-26-24-16-14-12-10-8-6-2/h34-37H,5-33H2,1-4H3. The smallest absolute Gasteiger partial charge is 0.101 e. The normalized spacial score (nSPS) is 15.4. The van der Waals surface area contributed by atoms with Gasteiger partial charge >= 0.3 is 0 Å². The van der Waals surface area contributed by atoms with Crippen molar-refractivity contribution in [2.45, 2.75) is 220 Å². The van der Waals surface area contributed by atoms with Crippen LogP contribution in [-0.2, 0) is 0 Å². The second-order valence-electron chi connectivity index (χ2n) is 13.2. The first-order valence-electron chi connectivity index (χ1n) is 18.4. The lowest BCUT2D eigenvalue weighted by Gasteiger charge is -2.35. The maximum atomic E-state index is 2.67. The molecule has 0 fully saturated rings. The molecular formula is C37H74N2. The van der Waals surface area contributed by atoms with Gasteiger partial charge in [0.05, 0.1) is 0 Å². The van der Waals surface area contributed by atoms with Crippen LogP contribution < -0.4 is 0 Å². The average Bonchev–Trinajstić information content (AvgIpc) is 3.34. The fourth-order valence-electron chi connectivity index (χ4n) is 6.42. The molecule has 39 heavy (non-hydrogen) atoms. The largest absolute Gasteiger partial charge is 0.356 e. The van der Waals surface area contributed by atoms with Crippen LogP contribution in [-0.4, -0.2) is 28.6 Å². The molecule has 0 spiro atoms. The quantitative estimate of drug-likeness (QED) is 0.0826. The summed E-state index contributed by atoms with van der Waals surface area (Å²) in [6.45, 7) is 10.6. The van der Waals surface area contributed by atoms with E-state index in [4.69, 9.17) is 0 Å². The summed E-state index contributed by atoms with van der Waals surface area (Å²) in [5.41, 5.74) is 0. The Bertz CT molecular complexity index is 514. The number of rotatable bonds is 30. The lowest BCUT2D eigenvalue weighted by molar-refractivity contribution is 0.114. The summed E-state index contributed by atoms with van der Waals surface area (Å²) in [7, 11) is 0. The van der Waals surface area contributed by atoms with Crippen LogP contribution in [0, 0.1) is 0 Å². The van der Waals surface area contributed by atoms with Crippen LogP contribution in [0.3, 0.4) is 0 Å². The van der Waals surface area contributed by atoms with Gasteiger partial charge in [0.2, 0.25) is 0 Å². The Morgan fingerprint density at radius 3 is 1.13 bits per heavy atom. The molecule has 1 unspecified atom stereocenters. The van der Waals surface area contributed by atoms with Crippen LogP contribution in [0.1, 0.15) is 207 Å². The maximum absolute atomic E-state index is 2.67. The molecule has 0 saturated carbocycles. The molecule has 0 N–H and O–H groups in total. The van der Waals surface area contributed by atoms with E-state index in [1.165, 1.54) is 186 Å². The predicted molar refractivity (Wildman–Crippen MR) is 177 cm³/mol. The van der Waals surface area contributed by atoms with E-state index in [-0.39, 0.29) is 0 Å². The SMILES string of the molecule is CCCCCCCCCCCCCCCCCCCN1C=CN(C(C)C)C1CCCCCCCCCCCC. The van der Waals surface area contributed by atoms with Crippen molar-refractivity contribution < 1.29 is 0 Å². The summed E-state index contributed by atoms with van der Waals surface area (Å²) < 4.78 is 0. The van der Waals surface area contributed by atoms with Crippen molar-refractivity contribution in [3.05, 3.63) is 12.4 Å². The van der Waals surface area contributed by atoms with E-state index in [2.05, 4.69) is 49.9 Å². The zero-order chi connectivity index (χ0) is 28.2. The molecule has 1 rings (SSSR count). The summed E-state index contributed by atoms with van der Waals surface area (Å²) in [4.78, 5) is 5.28. The van der Waals surface area contributed by atoms with Crippen molar-refractivity contribution in [2.75, 3.05) is 6.54 Å². The first kappa shape index (κ1) is 36.4. The molecule has 0 radical (unpaired) electrons. The Morgan fingerprint density at radius 1 is 0.436 bits per heavy atom. The number of hydrogen-bond acceptors (Lipinski definition) is 2. The first-order valence-corrected chi connectivity index (χ1v) is 18.4. The molecule has 0 aliphatic carbocycles. The first-order chi connectivity index (χ1) is 19.2. The lowest BCUT2D eigenvalue weighted by Crippen LogP contribution is -2.42. The van der Waals surface area contributed by atoms with Crippen molar-refractivity contribution >= 4 is 0 Å². The van der Waals surface area contributed by atoms with Gasteiger partial charge in [-0.1, -0.05) is 174 Å². The Kier molecular flexibility index (Phi) is 25.6. The van der Waals surface area contributed by atoms with E-state index in [9.17, 15) is 0 Å². The minimum absolute atomic E-state index is 0.606. The molecule has 0 saturated heterocycles. The highest BCUT2D eigenvalue weighted by Crippen LogP contribution is 2.25. The highest BCUT2D eigenvalue weighted by Gasteiger charge is 2.26. The summed E-state index contributed by atoms with van der Waals surface area (Å²) >= 11 is 0. The van der Waals surface area contributed by atoms with Gasteiger partial charge in [0.1, 0.15) is 6.17 Å². The van der Waals surface area contributed by atoms with Crippen molar-refractivity contribution in [3.8, 4) is 0 Å². The van der Waals surface area contributed by atoms with E-state index in [1.807, 2.05) is 0 Å². The van der Waals surface area contributed by atoms with Crippen LogP contribution in [0.4, 0.5) is 0 Å². The summed E-state index contributed by atoms with van der Waals surface area (Å²) in [5, 5.41) is 0. The minimum atomic E-state index is 0.606. The third-order valence-corrected chi connectivity index (χ3v) is 9.09. The molecule has 1 aliphatic rings. The summed E-state index contributed by atoms with van der Waals surface area (Å²) in [5.74, 6) is 0. The summed E-state index contributed by atoms with van der Waals surface area (Å²) in [6, 6.07) is 0.606. The van der Waals surface area contributed by atoms with E-state index in [0.29, 0.717) is 12.2 Å². The molecule has 0 bridgehead atoms. The van der Waals surface area contributed by atoms with Crippen molar-refractivity contribution in [2.24, 2.45) is 0 Å². The van der Waals surface area contributed by atoms with Crippen LogP contribution in [0.5, 0.6) is 0 Å². The molecular weight excluding hydrogens is 472 g/mol. The zero-order valence-electron chi connectivity index (χ0n) is 27.7. The van der Waals surface area contributed by atoms with Crippen molar-refractivity contribution in [1.29, 1.82) is 0 Å². The molecule has 2 heteroatoms. The van der Waals surface area contributed by atoms with Gasteiger partial charge in [-0.15, -0.1) is 0 Å². The van der Waals surface area contributed by atoms with Gasteiger partial charge in [-0.05, 0) is 33.1 Å². The van der Waals surface area contributed by atoms with Gasteiger partial charge in [-0.3, -0.25) is 0 Å². The molecule has 0 aromatic rings. The van der Waals surface area contributed by atoms with Gasteiger partial charge < -0.3 is 9.80 Å². The number of hydrogen-bond donors (Lipinski definition) is 0. The molecule has 1 heterocycles. The van der Waals surface area contributed by atoms with Crippen molar-refractivity contribution in [3.63, 3.8) is 0 Å². The van der Waals surface area contributed by atoms with Gasteiger partial charge in [0.25, 0.3) is 0 Å². The fraction of sp³-hybridized carbons (Fsp3) is 0.946. The van der Waals surface area contributed by atoms with Gasteiger partial charge in [-0.2, -0.15) is 0 Å². The monoisotopic (exact) mass is 547 g/mol. The van der Waals surface area contributed by atoms with E-state index < -0.39 is 0 Å². The lowest BCUT2D eigenvalue weighted by atomic mass is 10.0. The molecule has 0 aromatic carbocycles. The van der Waals surface area contributed by atoms with E-state index >= 15 is 0 Å². The topological polar surface area (TPSA) is 6.48 Å². The highest BCUT2D eigenvalue weighted by molar-refractivity contribution is 4.98. The molecule has 0 aromatic heterocycles. The Balaban J connectivity index is 1.98. The van der Waals surface area contributed by atoms with Crippen LogP contribution in [0.2, 0.25) is 0 Å². The van der Waals surface area contributed by atoms with Crippen molar-refractivity contribution in [1.82, 2.24) is 9.80 Å². The second-order valence-corrected chi connectivity index (χ2v) is 13.2. The Hall–Kier alpha value is -0.660. The highest BCUT2D eigenvalue weighted by atomic mass is 15.4. The molecule has 2 nitrogen and oxygen atoms in total. The number of unbranched alkanes of at least 4 members (excludes halogenated alkanes) is 25. The third kappa shape index (κ3) is 20.8. The van der Waals surface area contributed by atoms with Crippen LogP contribution in [0.25, 0.3) is 0 Å². The molecule has 1 aliphatic heterocycles. The van der Waals surface area contributed by atoms with Gasteiger partial charge in [0.15, 0.2) is 0 Å². The predicted octanol–water partition coefficient (Wildman–Crippen LogP) is 12.8. The Morgan fingerprint density at radius 2 is 0.769 bits per heavy atom. The van der Waals surface area contributed by atoms with Gasteiger partial charge in [0, 0.05) is 25.0 Å². The molecule has 232 valence electrons. The number of nitrogens with zero attached hydrogens (tertiary/aromatic N) is 2. The van der Waals surface area contributed by atoms with Crippen LogP contribution in [0.15, 0.2) is 12.4 Å².